The van der Waals surface area contributed by atoms with Gasteiger partial charge < -0.3 is 9.30 Å². The number of aryl methyl sites for hydroxylation is 1. The van der Waals surface area contributed by atoms with Crippen LogP contribution in [-0.4, -0.2) is 42.6 Å². The molecule has 1 atom stereocenters. The summed E-state index contributed by atoms with van der Waals surface area (Å²) in [6.07, 6.45) is 4.08. The summed E-state index contributed by atoms with van der Waals surface area (Å²) < 4.78 is 9.78. The van der Waals surface area contributed by atoms with Crippen LogP contribution in [0.25, 0.3) is 27.9 Å². The highest BCUT2D eigenvalue weighted by molar-refractivity contribution is 5.81. The third-order valence-electron chi connectivity index (χ3n) is 6.44. The van der Waals surface area contributed by atoms with E-state index in [2.05, 4.69) is 63.3 Å². The van der Waals surface area contributed by atoms with E-state index in [4.69, 9.17) is 14.8 Å². The fourth-order valence-electron chi connectivity index (χ4n) is 4.80. The molecule has 0 N–H and O–H groups in total. The maximum Gasteiger partial charge on any atom is 0.177 e. The predicted molar refractivity (Wildman–Crippen MR) is 122 cm³/mol. The van der Waals surface area contributed by atoms with Crippen molar-refractivity contribution in [3.05, 3.63) is 78.4 Å². The number of hydrogen-bond acceptors (Lipinski definition) is 5. The van der Waals surface area contributed by atoms with Gasteiger partial charge in [0.15, 0.2) is 11.5 Å². The summed E-state index contributed by atoms with van der Waals surface area (Å²) in [4.78, 5) is 4.74. The smallest absolute Gasteiger partial charge is 0.177 e. The van der Waals surface area contributed by atoms with E-state index < -0.39 is 0 Å². The van der Waals surface area contributed by atoms with Crippen molar-refractivity contribution >= 4 is 16.7 Å². The zero-order chi connectivity index (χ0) is 21.5. The second-order valence-electron chi connectivity index (χ2n) is 8.40. The molecule has 32 heavy (non-hydrogen) atoms. The van der Waals surface area contributed by atoms with Crippen molar-refractivity contribution in [1.29, 1.82) is 0 Å². The van der Waals surface area contributed by atoms with E-state index in [0.29, 0.717) is 5.92 Å². The van der Waals surface area contributed by atoms with Crippen LogP contribution in [-0.2, 0) is 4.74 Å². The molecule has 1 fully saturated rings. The van der Waals surface area contributed by atoms with Crippen LogP contribution in [0.15, 0.2) is 67.0 Å². The van der Waals surface area contributed by atoms with Crippen molar-refractivity contribution in [2.75, 3.05) is 13.2 Å². The monoisotopic (exact) mass is 424 g/mol. The van der Waals surface area contributed by atoms with Crippen molar-refractivity contribution in [3.63, 3.8) is 0 Å². The first kappa shape index (κ1) is 19.1. The normalized spacial score (nSPS) is 16.0. The molecule has 1 saturated heterocycles. The molecule has 0 aliphatic carbocycles. The average Bonchev–Trinajstić information content (AvgIpc) is 3.44. The topological polar surface area (TPSA) is 70.1 Å². The molecule has 0 spiro atoms. The van der Waals surface area contributed by atoms with Gasteiger partial charge in [0.2, 0.25) is 0 Å². The molecule has 7 nitrogen and oxygen atoms in total. The van der Waals surface area contributed by atoms with Crippen molar-refractivity contribution in [3.8, 4) is 11.3 Å². The molecule has 0 bridgehead atoms. The minimum Gasteiger partial charge on any atom is -0.381 e. The van der Waals surface area contributed by atoms with E-state index in [0.717, 1.165) is 59.8 Å². The summed E-state index contributed by atoms with van der Waals surface area (Å²) in [5.74, 6) is 1.28. The lowest BCUT2D eigenvalue weighted by molar-refractivity contribution is 0.0547. The Bertz CT molecular complexity index is 1380. The molecular weight excluding hydrogens is 400 g/mol. The molecule has 7 heteroatoms. The van der Waals surface area contributed by atoms with Crippen LogP contribution >= 0.6 is 0 Å². The highest BCUT2D eigenvalue weighted by Gasteiger charge is 2.28. The summed E-state index contributed by atoms with van der Waals surface area (Å²) in [7, 11) is 0. The molecule has 4 heterocycles. The van der Waals surface area contributed by atoms with Crippen LogP contribution in [0.2, 0.25) is 0 Å². The molecule has 1 aliphatic rings. The molecule has 1 aliphatic heterocycles. The Hall–Kier alpha value is -3.58. The zero-order valence-electron chi connectivity index (χ0n) is 17.9. The standard InChI is InChI=1S/C25H24N6O/c1-17-27-28-24-10-9-21(29-31(17)24)20-7-8-22-23(15-20)30(16-26-22)25(18-5-3-2-4-6-18)19-11-13-32-14-12-19/h2-10,15-16,19,25H,11-14H2,1H3/t25-/m0/s1. The van der Waals surface area contributed by atoms with Crippen LogP contribution in [0.5, 0.6) is 0 Å². The summed E-state index contributed by atoms with van der Waals surface area (Å²) in [6.45, 7) is 3.54. The molecule has 2 aromatic carbocycles. The molecule has 0 unspecified atom stereocenters. The van der Waals surface area contributed by atoms with Crippen molar-refractivity contribution < 1.29 is 4.74 Å². The number of rotatable bonds is 4. The van der Waals surface area contributed by atoms with E-state index >= 15 is 0 Å². The molecule has 0 amide bonds. The van der Waals surface area contributed by atoms with Crippen molar-refractivity contribution in [2.24, 2.45) is 5.92 Å². The number of fused-ring (bicyclic) bond motifs is 2. The van der Waals surface area contributed by atoms with Gasteiger partial charge in [-0.05, 0) is 55.5 Å². The van der Waals surface area contributed by atoms with Gasteiger partial charge in [-0.15, -0.1) is 10.2 Å². The number of nitrogens with zero attached hydrogens (tertiary/aromatic N) is 6. The van der Waals surface area contributed by atoms with E-state index in [1.165, 1.54) is 5.56 Å². The van der Waals surface area contributed by atoms with Gasteiger partial charge in [-0.25, -0.2) is 4.98 Å². The van der Waals surface area contributed by atoms with Gasteiger partial charge >= 0.3 is 0 Å². The average molecular weight is 425 g/mol. The van der Waals surface area contributed by atoms with E-state index in [1.54, 1.807) is 4.52 Å². The second kappa shape index (κ2) is 7.84. The molecule has 0 saturated carbocycles. The lowest BCUT2D eigenvalue weighted by Gasteiger charge is -2.32. The van der Waals surface area contributed by atoms with Gasteiger partial charge in [0, 0.05) is 18.8 Å². The first-order valence-corrected chi connectivity index (χ1v) is 11.1. The molecule has 6 rings (SSSR count). The summed E-state index contributed by atoms with van der Waals surface area (Å²) in [5.41, 5.74) is 6.10. The van der Waals surface area contributed by atoms with Gasteiger partial charge in [-0.1, -0.05) is 36.4 Å². The van der Waals surface area contributed by atoms with Gasteiger partial charge in [-0.3, -0.25) is 0 Å². The third-order valence-corrected chi connectivity index (χ3v) is 6.44. The van der Waals surface area contributed by atoms with Crippen molar-refractivity contribution in [2.45, 2.75) is 25.8 Å². The predicted octanol–water partition coefficient (Wildman–Crippen LogP) is 4.47. The van der Waals surface area contributed by atoms with E-state index in [1.807, 2.05) is 25.4 Å². The molecule has 160 valence electrons. The maximum absolute atomic E-state index is 5.66. The van der Waals surface area contributed by atoms with Gasteiger partial charge in [-0.2, -0.15) is 9.61 Å². The van der Waals surface area contributed by atoms with Crippen LogP contribution in [0.3, 0.4) is 0 Å². The highest BCUT2D eigenvalue weighted by atomic mass is 16.5. The Kier molecular flexibility index (Phi) is 4.69. The fraction of sp³-hybridized carbons (Fsp3) is 0.280. The summed E-state index contributed by atoms with van der Waals surface area (Å²) in [5, 5.41) is 13.0. The minimum atomic E-state index is 0.218. The van der Waals surface area contributed by atoms with Gasteiger partial charge in [0.05, 0.1) is 29.1 Å². The van der Waals surface area contributed by atoms with Crippen LogP contribution in [0.1, 0.15) is 30.3 Å². The summed E-state index contributed by atoms with van der Waals surface area (Å²) in [6, 6.07) is 21.3. The zero-order valence-corrected chi connectivity index (χ0v) is 17.9. The molecule has 0 radical (unpaired) electrons. The Morgan fingerprint density at radius 3 is 2.66 bits per heavy atom. The molecular formula is C25H24N6O. The number of imidazole rings is 1. The maximum atomic E-state index is 5.66. The Morgan fingerprint density at radius 2 is 1.81 bits per heavy atom. The minimum absolute atomic E-state index is 0.218. The number of hydrogen-bond donors (Lipinski definition) is 0. The second-order valence-corrected chi connectivity index (χ2v) is 8.40. The third kappa shape index (κ3) is 3.26. The van der Waals surface area contributed by atoms with E-state index in [9.17, 15) is 0 Å². The number of ether oxygens (including phenoxy) is 1. The largest absolute Gasteiger partial charge is 0.381 e. The number of benzene rings is 2. The Labute approximate surface area is 185 Å². The van der Waals surface area contributed by atoms with Gasteiger partial charge in [0.1, 0.15) is 0 Å². The van der Waals surface area contributed by atoms with Crippen LogP contribution < -0.4 is 0 Å². The SMILES string of the molecule is Cc1nnc2ccc(-c3ccc4ncn([C@@H](c5ccccc5)C5CCOCC5)c4c3)nn12. The quantitative estimate of drug-likeness (QED) is 0.426. The lowest BCUT2D eigenvalue weighted by atomic mass is 9.86. The first-order valence-electron chi connectivity index (χ1n) is 11.1. The number of aromatic nitrogens is 6. The van der Waals surface area contributed by atoms with Gasteiger partial charge in [0.25, 0.3) is 0 Å². The first-order chi connectivity index (χ1) is 15.8. The summed E-state index contributed by atoms with van der Waals surface area (Å²) >= 11 is 0. The van der Waals surface area contributed by atoms with Crippen LogP contribution in [0.4, 0.5) is 0 Å². The van der Waals surface area contributed by atoms with Crippen LogP contribution in [0, 0.1) is 12.8 Å². The molecule has 3 aromatic heterocycles. The highest BCUT2D eigenvalue weighted by Crippen LogP contribution is 2.36. The fourth-order valence-corrected chi connectivity index (χ4v) is 4.80. The van der Waals surface area contributed by atoms with Crippen molar-refractivity contribution in [1.82, 2.24) is 29.4 Å². The Morgan fingerprint density at radius 1 is 0.969 bits per heavy atom. The Balaban J connectivity index is 1.48. The lowest BCUT2D eigenvalue weighted by Crippen LogP contribution is -2.26. The van der Waals surface area contributed by atoms with E-state index in [-0.39, 0.29) is 6.04 Å². The molecule has 5 aromatic rings.